The fraction of sp³-hybridized carbons (Fsp3) is 0.457. The van der Waals surface area contributed by atoms with Crippen LogP contribution in [-0.2, 0) is 16.0 Å². The number of nitrogens with one attached hydrogen (secondary N) is 3. The molecule has 246 valence electrons. The summed E-state index contributed by atoms with van der Waals surface area (Å²) in [5, 5.41) is 7.66. The third-order valence-electron chi connectivity index (χ3n) is 9.26. The Hall–Kier alpha value is -4.55. The van der Waals surface area contributed by atoms with Crippen LogP contribution in [0.2, 0.25) is 0 Å². The molecule has 3 aromatic heterocycles. The Labute approximate surface area is 274 Å². The molecule has 1 aromatic carbocycles. The minimum absolute atomic E-state index is 0.0971. The number of fused-ring (bicyclic) bond motifs is 1. The van der Waals surface area contributed by atoms with Crippen molar-refractivity contribution in [3.05, 3.63) is 66.2 Å². The SMILES string of the molecule is CC(C)(C)OC(=O)N1CCC(NCc2ccnc(C(=O)Nc3ccc(-c4cc5c(N6CCOCC6)ncnc5[nH]4)cc3)c2)C2(CC2)C1. The van der Waals surface area contributed by atoms with Crippen molar-refractivity contribution < 1.29 is 19.1 Å². The third kappa shape index (κ3) is 6.93. The first-order valence-corrected chi connectivity index (χ1v) is 16.4. The van der Waals surface area contributed by atoms with Crippen LogP contribution in [0.1, 0.15) is 56.1 Å². The molecule has 12 nitrogen and oxygen atoms in total. The van der Waals surface area contributed by atoms with E-state index in [9.17, 15) is 9.59 Å². The molecule has 5 heterocycles. The standard InChI is InChI=1S/C35H42N8O4/c1-34(2,3)47-33(45)43-13-9-29(35(21-43)10-11-35)37-20-23-8-12-36-28(18-23)32(44)40-25-6-4-24(5-7-25)27-19-26-30(41-27)38-22-39-31(26)42-14-16-46-17-15-42/h4-8,12,18-19,22,29,37H,9-11,13-17,20-21H2,1-3H3,(H,40,44)(H,38,39,41). The molecular weight excluding hydrogens is 596 g/mol. The number of morpholine rings is 1. The van der Waals surface area contributed by atoms with Gasteiger partial charge in [0.05, 0.1) is 18.6 Å². The van der Waals surface area contributed by atoms with E-state index < -0.39 is 5.60 Å². The van der Waals surface area contributed by atoms with Gasteiger partial charge in [-0.15, -0.1) is 0 Å². The quantitative estimate of drug-likeness (QED) is 0.256. The fourth-order valence-corrected chi connectivity index (χ4v) is 6.62. The summed E-state index contributed by atoms with van der Waals surface area (Å²) in [6.07, 6.45) is 6.10. The number of hydrogen-bond acceptors (Lipinski definition) is 9. The number of carbonyl (C=O) groups excluding carboxylic acids is 2. The van der Waals surface area contributed by atoms with E-state index in [0.29, 0.717) is 50.3 Å². The van der Waals surface area contributed by atoms with E-state index >= 15 is 0 Å². The van der Waals surface area contributed by atoms with Crippen molar-refractivity contribution in [1.82, 2.24) is 30.2 Å². The Balaban J connectivity index is 0.956. The number of nitrogens with zero attached hydrogens (tertiary/aromatic N) is 5. The lowest BCUT2D eigenvalue weighted by atomic mass is 9.89. The number of amides is 2. The molecule has 1 spiro atoms. The van der Waals surface area contributed by atoms with E-state index in [4.69, 9.17) is 9.47 Å². The summed E-state index contributed by atoms with van der Waals surface area (Å²) in [5.74, 6) is 0.644. The Bertz CT molecular complexity index is 1760. The topological polar surface area (TPSA) is 138 Å². The van der Waals surface area contributed by atoms with Crippen molar-refractivity contribution in [3.8, 4) is 11.3 Å². The van der Waals surface area contributed by atoms with Crippen LogP contribution in [0.25, 0.3) is 22.3 Å². The van der Waals surface area contributed by atoms with E-state index in [1.54, 1.807) is 12.5 Å². The van der Waals surface area contributed by atoms with Crippen molar-refractivity contribution in [1.29, 1.82) is 0 Å². The number of hydrogen-bond donors (Lipinski definition) is 3. The maximum absolute atomic E-state index is 13.2. The first-order chi connectivity index (χ1) is 22.7. The Morgan fingerprint density at radius 3 is 2.57 bits per heavy atom. The summed E-state index contributed by atoms with van der Waals surface area (Å²) in [6.45, 7) is 10.7. The minimum atomic E-state index is -0.500. The lowest BCUT2D eigenvalue weighted by molar-refractivity contribution is 0.0105. The highest BCUT2D eigenvalue weighted by Crippen LogP contribution is 2.52. The number of H-pyrrole nitrogens is 1. The number of aromatic nitrogens is 4. The molecule has 1 unspecified atom stereocenters. The van der Waals surface area contributed by atoms with Crippen molar-refractivity contribution in [2.24, 2.45) is 5.41 Å². The van der Waals surface area contributed by atoms with Crippen LogP contribution in [0.15, 0.2) is 55.0 Å². The zero-order valence-corrected chi connectivity index (χ0v) is 27.2. The summed E-state index contributed by atoms with van der Waals surface area (Å²) < 4.78 is 11.1. The lowest BCUT2D eigenvalue weighted by Gasteiger charge is -2.40. The number of aromatic amines is 1. The highest BCUT2D eigenvalue weighted by molar-refractivity contribution is 6.03. The molecule has 2 aliphatic heterocycles. The number of anilines is 2. The van der Waals surface area contributed by atoms with Gasteiger partial charge < -0.3 is 34.9 Å². The average Bonchev–Trinajstić information content (AvgIpc) is 3.69. The van der Waals surface area contributed by atoms with Crippen LogP contribution >= 0.6 is 0 Å². The van der Waals surface area contributed by atoms with E-state index in [1.165, 1.54) is 0 Å². The smallest absolute Gasteiger partial charge is 0.410 e. The summed E-state index contributed by atoms with van der Waals surface area (Å²) in [4.78, 5) is 46.6. The van der Waals surface area contributed by atoms with Gasteiger partial charge in [0.1, 0.15) is 29.1 Å². The van der Waals surface area contributed by atoms with Crippen LogP contribution in [0.3, 0.4) is 0 Å². The molecule has 7 rings (SSSR count). The lowest BCUT2D eigenvalue weighted by Crippen LogP contribution is -2.53. The van der Waals surface area contributed by atoms with Gasteiger partial charge in [-0.05, 0) is 81.5 Å². The number of rotatable bonds is 7. The second-order valence-corrected chi connectivity index (χ2v) is 13.8. The van der Waals surface area contributed by atoms with Crippen molar-refractivity contribution in [2.45, 2.75) is 58.2 Å². The zero-order chi connectivity index (χ0) is 32.6. The summed E-state index contributed by atoms with van der Waals surface area (Å²) in [6, 6.07) is 13.9. The van der Waals surface area contributed by atoms with E-state index in [0.717, 1.165) is 66.0 Å². The Morgan fingerprint density at radius 1 is 1.04 bits per heavy atom. The molecule has 2 amide bonds. The van der Waals surface area contributed by atoms with Gasteiger partial charge >= 0.3 is 6.09 Å². The molecule has 12 heteroatoms. The number of pyridine rings is 1. The van der Waals surface area contributed by atoms with Crippen LogP contribution in [-0.4, -0.2) is 87.9 Å². The Morgan fingerprint density at radius 2 is 1.83 bits per heavy atom. The van der Waals surface area contributed by atoms with Gasteiger partial charge in [-0.25, -0.2) is 14.8 Å². The number of ether oxygens (including phenoxy) is 2. The van der Waals surface area contributed by atoms with Gasteiger partial charge in [0, 0.05) is 61.8 Å². The first-order valence-electron chi connectivity index (χ1n) is 16.4. The normalized spacial score (nSPS) is 19.2. The highest BCUT2D eigenvalue weighted by atomic mass is 16.6. The van der Waals surface area contributed by atoms with Gasteiger partial charge in [0.2, 0.25) is 0 Å². The van der Waals surface area contributed by atoms with Crippen LogP contribution < -0.4 is 15.5 Å². The van der Waals surface area contributed by atoms with Gasteiger partial charge in [0.15, 0.2) is 0 Å². The van der Waals surface area contributed by atoms with E-state index in [-0.39, 0.29) is 17.4 Å². The van der Waals surface area contributed by atoms with Crippen molar-refractivity contribution in [3.63, 3.8) is 0 Å². The predicted octanol–water partition coefficient (Wildman–Crippen LogP) is 4.99. The van der Waals surface area contributed by atoms with Gasteiger partial charge in [-0.2, -0.15) is 0 Å². The largest absolute Gasteiger partial charge is 0.444 e. The maximum atomic E-state index is 13.2. The fourth-order valence-electron chi connectivity index (χ4n) is 6.62. The third-order valence-corrected chi connectivity index (χ3v) is 9.26. The highest BCUT2D eigenvalue weighted by Gasteiger charge is 2.53. The monoisotopic (exact) mass is 638 g/mol. The molecule has 2 saturated heterocycles. The van der Waals surface area contributed by atoms with Crippen molar-refractivity contribution >= 4 is 34.5 Å². The number of piperidine rings is 1. The molecule has 1 aliphatic carbocycles. The van der Waals surface area contributed by atoms with Crippen molar-refractivity contribution in [2.75, 3.05) is 49.6 Å². The Kier molecular flexibility index (Phi) is 8.31. The molecule has 4 aromatic rings. The molecule has 0 radical (unpaired) electrons. The molecule has 1 saturated carbocycles. The molecule has 47 heavy (non-hydrogen) atoms. The zero-order valence-electron chi connectivity index (χ0n) is 27.2. The van der Waals surface area contributed by atoms with Crippen LogP contribution in [0, 0.1) is 5.41 Å². The average molecular weight is 639 g/mol. The maximum Gasteiger partial charge on any atom is 0.410 e. The number of carbonyl (C=O) groups is 2. The molecule has 1 atom stereocenters. The summed E-state index contributed by atoms with van der Waals surface area (Å²) in [7, 11) is 0. The molecule has 3 N–H and O–H groups in total. The second kappa shape index (κ2) is 12.6. The summed E-state index contributed by atoms with van der Waals surface area (Å²) >= 11 is 0. The van der Waals surface area contributed by atoms with Crippen LogP contribution in [0.4, 0.5) is 16.3 Å². The van der Waals surface area contributed by atoms with Gasteiger partial charge in [-0.1, -0.05) is 12.1 Å². The molecule has 0 bridgehead atoms. The number of benzene rings is 1. The molecule has 3 aliphatic rings. The van der Waals surface area contributed by atoms with Crippen LogP contribution in [0.5, 0.6) is 0 Å². The number of likely N-dealkylation sites (tertiary alicyclic amines) is 1. The molecular formula is C35H42N8O4. The van der Waals surface area contributed by atoms with Gasteiger partial charge in [0.25, 0.3) is 5.91 Å². The first kappa shape index (κ1) is 31.1. The van der Waals surface area contributed by atoms with E-state index in [2.05, 4.69) is 41.5 Å². The molecule has 3 fully saturated rings. The van der Waals surface area contributed by atoms with Gasteiger partial charge in [-0.3, -0.25) is 9.78 Å². The second-order valence-electron chi connectivity index (χ2n) is 13.8. The predicted molar refractivity (Wildman–Crippen MR) is 179 cm³/mol. The van der Waals surface area contributed by atoms with E-state index in [1.807, 2.05) is 62.1 Å². The summed E-state index contributed by atoms with van der Waals surface area (Å²) in [5.41, 5.74) is 4.32. The minimum Gasteiger partial charge on any atom is -0.444 e.